The van der Waals surface area contributed by atoms with Gasteiger partial charge in [0.25, 0.3) is 0 Å². The number of pyridine rings is 1. The Labute approximate surface area is 267 Å². The molecule has 12 radical (unpaired) electrons. The molecule has 4 heterocycles. The van der Waals surface area contributed by atoms with E-state index >= 15 is 0 Å². The van der Waals surface area contributed by atoms with Gasteiger partial charge >= 0.3 is 0 Å². The quantitative estimate of drug-likeness (QED) is 0.176. The number of rotatable bonds is 13. The van der Waals surface area contributed by atoms with Crippen LogP contribution in [0.1, 0.15) is 24.4 Å². The van der Waals surface area contributed by atoms with Crippen molar-refractivity contribution in [3.05, 3.63) is 48.3 Å². The Bertz CT molecular complexity index is 1720. The van der Waals surface area contributed by atoms with Crippen molar-refractivity contribution in [2.75, 3.05) is 18.9 Å². The van der Waals surface area contributed by atoms with Gasteiger partial charge in [-0.2, -0.15) is 9.97 Å². The fourth-order valence-corrected chi connectivity index (χ4v) is 4.97. The fourth-order valence-electron chi connectivity index (χ4n) is 3.84. The van der Waals surface area contributed by atoms with Crippen molar-refractivity contribution < 1.29 is 27.4 Å². The number of ether oxygens (including phenoxy) is 4. The minimum absolute atomic E-state index is 0.109. The minimum Gasteiger partial charge on any atom is -0.499 e. The van der Waals surface area contributed by atoms with Crippen molar-refractivity contribution in [2.45, 2.75) is 35.8 Å². The molecule has 0 fully saturated rings. The predicted octanol–water partition coefficient (Wildman–Crippen LogP) is -1.26. The van der Waals surface area contributed by atoms with Crippen LogP contribution in [0.15, 0.2) is 36.9 Å². The van der Waals surface area contributed by atoms with Gasteiger partial charge in [-0.25, -0.2) is 27.9 Å². The molecule has 0 aliphatic heterocycles. The number of sulfonamides is 1. The van der Waals surface area contributed by atoms with E-state index in [4.69, 9.17) is 66.0 Å². The van der Waals surface area contributed by atoms with Gasteiger partial charge in [-0.15, -0.1) is 10.2 Å². The highest BCUT2D eigenvalue weighted by molar-refractivity contribution is 7.93. The van der Waals surface area contributed by atoms with Crippen LogP contribution < -0.4 is 18.9 Å². The third-order valence-electron chi connectivity index (χ3n) is 5.81. The number of hydrogen-bond acceptors (Lipinski definition) is 13. The topological polar surface area (TPSA) is 178 Å². The summed E-state index contributed by atoms with van der Waals surface area (Å²) in [6.45, 7) is 3.17. The molecule has 0 saturated carbocycles. The number of hydrogen-bond donors (Lipinski definition) is 1. The first-order valence-corrected chi connectivity index (χ1v) is 14.3. The van der Waals surface area contributed by atoms with Crippen molar-refractivity contribution in [3.8, 4) is 34.8 Å². The van der Waals surface area contributed by atoms with Gasteiger partial charge in [0.2, 0.25) is 33.6 Å². The predicted molar refractivity (Wildman–Crippen MR) is 166 cm³/mol. The van der Waals surface area contributed by atoms with Crippen LogP contribution in [0.4, 0.5) is 5.95 Å². The SMILES string of the molecule is [B]C([B])([B])Oc1ncnc(OC([B])([B])[B])c1-n1c(NS(=O)(=O)[C@@H](C)[C@H](OC)c2ncc(C)cn2)nnc1-c1cccc(OC)n1. The Balaban J connectivity index is 1.94. The Morgan fingerprint density at radius 3 is 2.04 bits per heavy atom. The third kappa shape index (κ3) is 8.16. The Morgan fingerprint density at radius 2 is 1.51 bits per heavy atom. The Morgan fingerprint density at radius 1 is 0.911 bits per heavy atom. The molecule has 0 saturated heterocycles. The molecule has 0 bridgehead atoms. The van der Waals surface area contributed by atoms with Crippen LogP contribution in [0.5, 0.6) is 17.6 Å². The molecule has 15 nitrogen and oxygen atoms in total. The molecule has 218 valence electrons. The van der Waals surface area contributed by atoms with E-state index in [0.29, 0.717) is 0 Å². The first kappa shape index (κ1) is 33.8. The summed E-state index contributed by atoms with van der Waals surface area (Å²) in [4.78, 5) is 20.8. The summed E-state index contributed by atoms with van der Waals surface area (Å²) in [6.07, 6.45) is 2.93. The van der Waals surface area contributed by atoms with Crippen LogP contribution in [0.2, 0.25) is 0 Å². The average molecular weight is 616 g/mol. The summed E-state index contributed by atoms with van der Waals surface area (Å²) < 4.78 is 52.7. The first-order chi connectivity index (χ1) is 21.0. The van der Waals surface area contributed by atoms with Gasteiger partial charge in [0, 0.05) is 25.6 Å². The molecule has 22 heteroatoms. The van der Waals surface area contributed by atoms with E-state index in [9.17, 15) is 8.42 Å². The molecule has 4 rings (SSSR count). The maximum absolute atomic E-state index is 13.8. The molecule has 0 aromatic carbocycles. The van der Waals surface area contributed by atoms with Crippen molar-refractivity contribution >= 4 is 63.0 Å². The number of aryl methyl sites for hydroxylation is 1. The van der Waals surface area contributed by atoms with E-state index in [2.05, 4.69) is 39.8 Å². The molecule has 1 N–H and O–H groups in total. The van der Waals surface area contributed by atoms with Gasteiger partial charge in [-0.3, -0.25) is 4.72 Å². The number of anilines is 1. The smallest absolute Gasteiger partial charge is 0.243 e. The van der Waals surface area contributed by atoms with Crippen LogP contribution in [0, 0.1) is 6.92 Å². The van der Waals surface area contributed by atoms with E-state index in [1.54, 1.807) is 19.1 Å². The maximum Gasteiger partial charge on any atom is 0.243 e. The molecule has 4 aromatic rings. The molecular formula is C23H21B6N9O6S. The van der Waals surface area contributed by atoms with E-state index in [-0.39, 0.29) is 28.9 Å². The first-order valence-electron chi connectivity index (χ1n) is 12.8. The maximum atomic E-state index is 13.8. The summed E-state index contributed by atoms with van der Waals surface area (Å²) >= 11 is 0. The van der Waals surface area contributed by atoms with Crippen LogP contribution in [-0.4, -0.2) is 125 Å². The van der Waals surface area contributed by atoms with Crippen molar-refractivity contribution in [1.29, 1.82) is 0 Å². The second-order valence-corrected chi connectivity index (χ2v) is 11.7. The normalized spacial score (nSPS) is 13.5. The molecule has 0 spiro atoms. The van der Waals surface area contributed by atoms with Gasteiger partial charge in [0.1, 0.15) is 70.5 Å². The summed E-state index contributed by atoms with van der Waals surface area (Å²) in [5.74, 6) is -1.14. The lowest BCUT2D eigenvalue weighted by atomic mass is 9.52. The summed E-state index contributed by atoms with van der Waals surface area (Å²) in [5, 5.41) is 2.30. The van der Waals surface area contributed by atoms with Gasteiger partial charge in [-0.05, 0) is 36.1 Å². The van der Waals surface area contributed by atoms with Crippen molar-refractivity contribution in [3.63, 3.8) is 0 Å². The zero-order chi connectivity index (χ0) is 33.2. The molecular weight excluding hydrogens is 595 g/mol. The third-order valence-corrected chi connectivity index (χ3v) is 7.50. The lowest BCUT2D eigenvalue weighted by Gasteiger charge is -2.28. The minimum atomic E-state index is -4.39. The van der Waals surface area contributed by atoms with E-state index in [1.807, 2.05) is 0 Å². The molecule has 0 unspecified atom stereocenters. The van der Waals surface area contributed by atoms with Crippen LogP contribution >= 0.6 is 0 Å². The van der Waals surface area contributed by atoms with E-state index in [1.165, 1.54) is 39.6 Å². The highest BCUT2D eigenvalue weighted by Gasteiger charge is 2.36. The monoisotopic (exact) mass is 617 g/mol. The summed E-state index contributed by atoms with van der Waals surface area (Å²) in [5.41, 5.74) is 0.570. The van der Waals surface area contributed by atoms with Crippen LogP contribution in [0.3, 0.4) is 0 Å². The number of aromatic nitrogens is 8. The van der Waals surface area contributed by atoms with Crippen LogP contribution in [0.25, 0.3) is 17.2 Å². The zero-order valence-electron chi connectivity index (χ0n) is 24.5. The molecule has 4 aromatic heterocycles. The Kier molecular flexibility index (Phi) is 9.87. The molecule has 0 amide bonds. The van der Waals surface area contributed by atoms with Crippen LogP contribution in [-0.2, 0) is 14.8 Å². The average Bonchev–Trinajstić information content (AvgIpc) is 3.35. The zero-order valence-corrected chi connectivity index (χ0v) is 25.3. The van der Waals surface area contributed by atoms with Gasteiger partial charge < -0.3 is 18.9 Å². The van der Waals surface area contributed by atoms with Gasteiger partial charge in [0.15, 0.2) is 17.3 Å². The molecule has 0 aliphatic rings. The highest BCUT2D eigenvalue weighted by Crippen LogP contribution is 2.37. The largest absolute Gasteiger partial charge is 0.499 e. The van der Waals surface area contributed by atoms with E-state index in [0.717, 1.165) is 16.5 Å². The highest BCUT2D eigenvalue weighted by atomic mass is 32.2. The Hall–Kier alpha value is -4.05. The van der Waals surface area contributed by atoms with Crippen molar-refractivity contribution in [1.82, 2.24) is 39.7 Å². The number of nitrogens with zero attached hydrogens (tertiary/aromatic N) is 8. The molecule has 45 heavy (non-hydrogen) atoms. The summed E-state index contributed by atoms with van der Waals surface area (Å²) in [7, 11) is 32.5. The fraction of sp³-hybridized carbons (Fsp3) is 0.348. The van der Waals surface area contributed by atoms with Crippen molar-refractivity contribution in [2.24, 2.45) is 0 Å². The lowest BCUT2D eigenvalue weighted by molar-refractivity contribution is 0.0949. The standard InChI is InChI=1S/C23H21B6N9O6S/c1-11-8-30-17(31-9-11)16(42-4)12(2)45(39,40)37-21-36-35-18(13-6-5-7-14(34-13)41-3)38(21)15-19(43-22(24,25)26)32-10-33-20(15)44-23(27,28)29/h5-10,12,16H,1-4H3,(H,36,37)/t12-,16-/m0/s1. The summed E-state index contributed by atoms with van der Waals surface area (Å²) in [6, 6.07) is 4.70. The second kappa shape index (κ2) is 13.1. The van der Waals surface area contributed by atoms with E-state index < -0.39 is 49.7 Å². The molecule has 0 aliphatic carbocycles. The number of nitrogens with one attached hydrogen (secondary N) is 1. The number of methoxy groups -OCH3 is 2. The lowest BCUT2D eigenvalue weighted by Crippen LogP contribution is -2.39. The second-order valence-electron chi connectivity index (χ2n) is 9.62. The molecule has 2 atom stereocenters. The van der Waals surface area contributed by atoms with Gasteiger partial charge in [0.05, 0.1) is 7.11 Å². The van der Waals surface area contributed by atoms with Gasteiger partial charge in [-0.1, -0.05) is 6.07 Å².